The van der Waals surface area contributed by atoms with Crippen LogP contribution in [0, 0.1) is 0 Å². The second-order valence-electron chi connectivity index (χ2n) is 5.10. The van der Waals surface area contributed by atoms with Gasteiger partial charge in [0.15, 0.2) is 0 Å². The van der Waals surface area contributed by atoms with Crippen LogP contribution in [-0.2, 0) is 9.53 Å². The van der Waals surface area contributed by atoms with Crippen LogP contribution in [-0.4, -0.2) is 19.6 Å². The average Bonchev–Trinajstić information content (AvgIpc) is 2.40. The Labute approximate surface area is 112 Å². The minimum Gasteiger partial charge on any atom is -0.385 e. The van der Waals surface area contributed by atoms with Crippen molar-refractivity contribution < 1.29 is 9.53 Å². The summed E-state index contributed by atoms with van der Waals surface area (Å²) in [6, 6.07) is 0. The van der Waals surface area contributed by atoms with Crippen molar-refractivity contribution in [3.63, 3.8) is 0 Å². The molecule has 108 valence electrons. The molecule has 0 aromatic heterocycles. The zero-order chi connectivity index (χ0) is 13.5. The van der Waals surface area contributed by atoms with Crippen LogP contribution in [0.5, 0.6) is 0 Å². The van der Waals surface area contributed by atoms with E-state index < -0.39 is 0 Å². The zero-order valence-electron chi connectivity index (χ0n) is 12.1. The van der Waals surface area contributed by atoms with Crippen LogP contribution in [0.4, 0.5) is 0 Å². The number of carbonyl (C=O) groups is 1. The van der Waals surface area contributed by atoms with Crippen LogP contribution in [0.3, 0.4) is 0 Å². The van der Waals surface area contributed by atoms with Gasteiger partial charge in [-0.1, -0.05) is 57.8 Å². The van der Waals surface area contributed by atoms with Gasteiger partial charge in [-0.25, -0.2) is 0 Å². The van der Waals surface area contributed by atoms with E-state index in [1.54, 1.807) is 7.11 Å². The fourth-order valence-electron chi connectivity index (χ4n) is 2.14. The first-order valence-electron chi connectivity index (χ1n) is 7.54. The Morgan fingerprint density at radius 2 is 1.33 bits per heavy atom. The molecule has 1 aliphatic rings. The second kappa shape index (κ2) is 14.5. The van der Waals surface area contributed by atoms with E-state index in [4.69, 9.17) is 10.5 Å². The third-order valence-electron chi connectivity index (χ3n) is 3.27. The van der Waals surface area contributed by atoms with Crippen molar-refractivity contribution in [1.29, 1.82) is 0 Å². The first-order chi connectivity index (χ1) is 8.77. The van der Waals surface area contributed by atoms with Crippen LogP contribution in [0.15, 0.2) is 0 Å². The van der Waals surface area contributed by atoms with E-state index in [1.165, 1.54) is 51.4 Å². The van der Waals surface area contributed by atoms with Gasteiger partial charge in [0.1, 0.15) is 0 Å². The summed E-state index contributed by atoms with van der Waals surface area (Å²) in [6.45, 7) is 0.843. The molecular weight excluding hydrogens is 226 g/mol. The van der Waals surface area contributed by atoms with Crippen LogP contribution >= 0.6 is 0 Å². The van der Waals surface area contributed by atoms with Gasteiger partial charge < -0.3 is 10.5 Å². The molecule has 1 rings (SSSR count). The van der Waals surface area contributed by atoms with Crippen molar-refractivity contribution in [2.75, 3.05) is 13.7 Å². The summed E-state index contributed by atoms with van der Waals surface area (Å²) in [5.41, 5.74) is 5.00. The third kappa shape index (κ3) is 15.4. The Balaban J connectivity index is 0.000000397. The number of ether oxygens (including phenoxy) is 1. The summed E-state index contributed by atoms with van der Waals surface area (Å²) in [4.78, 5) is 10.3. The number of primary amides is 1. The topological polar surface area (TPSA) is 52.3 Å². The number of hydrogen-bond donors (Lipinski definition) is 1. The smallest absolute Gasteiger partial charge is 0.217 e. The van der Waals surface area contributed by atoms with Crippen LogP contribution in [0.1, 0.15) is 77.0 Å². The second-order valence-corrected chi connectivity index (χ2v) is 5.10. The largest absolute Gasteiger partial charge is 0.385 e. The minimum atomic E-state index is -0.188. The molecule has 1 aliphatic carbocycles. The number of rotatable bonds is 8. The molecule has 0 saturated heterocycles. The molecule has 1 fully saturated rings. The highest BCUT2D eigenvalue weighted by Crippen LogP contribution is 2.15. The Morgan fingerprint density at radius 1 is 0.889 bits per heavy atom. The van der Waals surface area contributed by atoms with Crippen molar-refractivity contribution in [1.82, 2.24) is 0 Å². The van der Waals surface area contributed by atoms with E-state index >= 15 is 0 Å². The van der Waals surface area contributed by atoms with Gasteiger partial charge in [0.2, 0.25) is 5.91 Å². The third-order valence-corrected chi connectivity index (χ3v) is 3.27. The van der Waals surface area contributed by atoms with E-state index in [0.717, 1.165) is 25.9 Å². The highest BCUT2D eigenvalue weighted by atomic mass is 16.5. The Kier molecular flexibility index (Phi) is 14.0. The van der Waals surface area contributed by atoms with Crippen molar-refractivity contribution in [2.45, 2.75) is 77.0 Å². The van der Waals surface area contributed by atoms with E-state index in [-0.39, 0.29) is 5.91 Å². The van der Waals surface area contributed by atoms with Crippen molar-refractivity contribution in [3.05, 3.63) is 0 Å². The van der Waals surface area contributed by atoms with Crippen LogP contribution in [0.25, 0.3) is 0 Å². The van der Waals surface area contributed by atoms with Gasteiger partial charge in [0.05, 0.1) is 0 Å². The quantitative estimate of drug-likeness (QED) is 0.672. The maximum atomic E-state index is 10.3. The molecule has 0 aromatic rings. The number of hydrogen-bond acceptors (Lipinski definition) is 2. The standard InChI is InChI=1S/C9H19NO2.C6H12/c1-12-8-6-4-2-3-5-7-9(10)11;1-2-4-6-5-3-1/h2-8H2,1H3,(H2,10,11);1-6H2. The number of amides is 1. The molecule has 0 aliphatic heterocycles. The first kappa shape index (κ1) is 17.4. The fraction of sp³-hybridized carbons (Fsp3) is 0.933. The zero-order valence-corrected chi connectivity index (χ0v) is 12.1. The van der Waals surface area contributed by atoms with Gasteiger partial charge in [-0.05, 0) is 12.8 Å². The Hall–Kier alpha value is -0.570. The summed E-state index contributed by atoms with van der Waals surface area (Å²) in [7, 11) is 1.72. The molecule has 0 radical (unpaired) electrons. The van der Waals surface area contributed by atoms with Gasteiger partial charge in [0.25, 0.3) is 0 Å². The molecule has 1 saturated carbocycles. The molecule has 0 bridgehead atoms. The normalized spacial score (nSPS) is 14.7. The van der Waals surface area contributed by atoms with E-state index in [9.17, 15) is 4.79 Å². The van der Waals surface area contributed by atoms with E-state index in [1.807, 2.05) is 0 Å². The van der Waals surface area contributed by atoms with Gasteiger partial charge in [-0.15, -0.1) is 0 Å². The first-order valence-corrected chi connectivity index (χ1v) is 7.54. The molecule has 0 unspecified atom stereocenters. The summed E-state index contributed by atoms with van der Waals surface area (Å²) in [5.74, 6) is -0.188. The lowest BCUT2D eigenvalue weighted by Gasteiger charge is -2.05. The maximum absolute atomic E-state index is 10.3. The van der Waals surface area contributed by atoms with E-state index in [2.05, 4.69) is 0 Å². The predicted molar refractivity (Wildman–Crippen MR) is 76.5 cm³/mol. The molecule has 1 amide bonds. The average molecular weight is 257 g/mol. The fourth-order valence-corrected chi connectivity index (χ4v) is 2.14. The summed E-state index contributed by atoms with van der Waals surface area (Å²) in [5, 5.41) is 0. The minimum absolute atomic E-state index is 0.188. The van der Waals surface area contributed by atoms with Gasteiger partial charge in [-0.3, -0.25) is 4.79 Å². The highest BCUT2D eigenvalue weighted by Gasteiger charge is 1.95. The van der Waals surface area contributed by atoms with Crippen molar-refractivity contribution >= 4 is 5.91 Å². The molecule has 0 aromatic carbocycles. The molecule has 3 nitrogen and oxygen atoms in total. The Morgan fingerprint density at radius 3 is 1.78 bits per heavy atom. The molecular formula is C15H31NO2. The van der Waals surface area contributed by atoms with Crippen molar-refractivity contribution in [3.8, 4) is 0 Å². The predicted octanol–water partition coefficient (Wildman–Crippen LogP) is 3.80. The lowest BCUT2D eigenvalue weighted by molar-refractivity contribution is -0.118. The highest BCUT2D eigenvalue weighted by molar-refractivity contribution is 5.73. The molecule has 3 heteroatoms. The summed E-state index contributed by atoms with van der Waals surface area (Å²) < 4.78 is 4.91. The molecule has 2 N–H and O–H groups in total. The molecule has 0 heterocycles. The number of methoxy groups -OCH3 is 1. The number of nitrogens with two attached hydrogens (primary N) is 1. The molecule has 0 atom stereocenters. The lowest BCUT2D eigenvalue weighted by atomic mass is 10.0. The number of unbranched alkanes of at least 4 members (excludes halogenated alkanes) is 4. The Bertz CT molecular complexity index is 168. The molecule has 18 heavy (non-hydrogen) atoms. The van der Waals surface area contributed by atoms with Gasteiger partial charge in [-0.2, -0.15) is 0 Å². The maximum Gasteiger partial charge on any atom is 0.217 e. The SMILES string of the molecule is C1CCCCC1.COCCCCCCCC(N)=O. The molecule has 0 spiro atoms. The lowest BCUT2D eigenvalue weighted by Crippen LogP contribution is -2.09. The summed E-state index contributed by atoms with van der Waals surface area (Å²) >= 11 is 0. The number of carbonyl (C=O) groups excluding carboxylic acids is 1. The van der Waals surface area contributed by atoms with Gasteiger partial charge >= 0.3 is 0 Å². The monoisotopic (exact) mass is 257 g/mol. The van der Waals surface area contributed by atoms with Crippen LogP contribution in [0.2, 0.25) is 0 Å². The van der Waals surface area contributed by atoms with Gasteiger partial charge in [0, 0.05) is 20.1 Å². The van der Waals surface area contributed by atoms with E-state index in [0.29, 0.717) is 6.42 Å². The summed E-state index contributed by atoms with van der Waals surface area (Å²) in [6.07, 6.45) is 15.1. The van der Waals surface area contributed by atoms with Crippen molar-refractivity contribution in [2.24, 2.45) is 5.73 Å². The van der Waals surface area contributed by atoms with Crippen LogP contribution < -0.4 is 5.73 Å².